The summed E-state index contributed by atoms with van der Waals surface area (Å²) in [4.78, 5) is 27.9. The van der Waals surface area contributed by atoms with E-state index in [-0.39, 0.29) is 11.8 Å². The highest BCUT2D eigenvalue weighted by molar-refractivity contribution is 5.90. The van der Waals surface area contributed by atoms with Crippen molar-refractivity contribution in [2.24, 2.45) is 0 Å². The molecule has 0 atom stereocenters. The molecule has 0 unspecified atom stereocenters. The molecule has 0 aliphatic carbocycles. The number of carbonyl (C=O) groups excluding carboxylic acids is 2. The van der Waals surface area contributed by atoms with Crippen molar-refractivity contribution in [3.8, 4) is 0 Å². The smallest absolute Gasteiger partial charge is 0.224 e. The number of unbranched alkanes of at least 4 members (excludes halogenated alkanes) is 1. The zero-order chi connectivity index (χ0) is 18.9. The molecule has 0 saturated carbocycles. The summed E-state index contributed by atoms with van der Waals surface area (Å²) >= 11 is 0. The van der Waals surface area contributed by atoms with Crippen LogP contribution in [0.5, 0.6) is 0 Å². The maximum absolute atomic E-state index is 12.1. The highest BCUT2D eigenvalue weighted by atomic mass is 16.2. The molecule has 0 aromatic heterocycles. The van der Waals surface area contributed by atoms with Crippen LogP contribution < -0.4 is 5.32 Å². The van der Waals surface area contributed by atoms with Crippen LogP contribution >= 0.6 is 0 Å². The number of hydrogen-bond acceptors (Lipinski definition) is 3. The molecule has 0 bridgehead atoms. The van der Waals surface area contributed by atoms with Crippen molar-refractivity contribution >= 4 is 17.5 Å². The topological polar surface area (TPSA) is 52.7 Å². The lowest BCUT2D eigenvalue weighted by atomic mass is 10.0. The Balaban J connectivity index is 1.63. The summed E-state index contributed by atoms with van der Waals surface area (Å²) in [5.74, 6) is 0.757. The van der Waals surface area contributed by atoms with Crippen LogP contribution in [0, 0.1) is 0 Å². The average Bonchev–Trinajstić information content (AvgIpc) is 2.85. The number of carbonyl (C=O) groups is 2. The normalized spacial score (nSPS) is 15.8. The minimum atomic E-state index is 0.0842. The summed E-state index contributed by atoms with van der Waals surface area (Å²) < 4.78 is 0. The zero-order valence-corrected chi connectivity index (χ0v) is 16.5. The quantitative estimate of drug-likeness (QED) is 0.759. The second-order valence-electron chi connectivity index (χ2n) is 7.48. The minimum absolute atomic E-state index is 0.0842. The van der Waals surface area contributed by atoms with E-state index >= 15 is 0 Å². The first-order chi connectivity index (χ1) is 12.5. The fourth-order valence-corrected chi connectivity index (χ4v) is 3.31. The SMILES string of the molecule is CC(=O)N1CCCN(CCCCC(=O)Nc2ccc(C(C)C)cc2)CC1. The maximum Gasteiger partial charge on any atom is 0.224 e. The van der Waals surface area contributed by atoms with Gasteiger partial charge in [-0.1, -0.05) is 26.0 Å². The predicted molar refractivity (Wildman–Crippen MR) is 106 cm³/mol. The molecular weight excluding hydrogens is 326 g/mol. The van der Waals surface area contributed by atoms with Gasteiger partial charge < -0.3 is 15.1 Å². The van der Waals surface area contributed by atoms with E-state index in [9.17, 15) is 9.59 Å². The van der Waals surface area contributed by atoms with Crippen molar-refractivity contribution in [1.29, 1.82) is 0 Å². The van der Waals surface area contributed by atoms with Crippen molar-refractivity contribution in [3.05, 3.63) is 29.8 Å². The van der Waals surface area contributed by atoms with Crippen LogP contribution in [0.4, 0.5) is 5.69 Å². The van der Waals surface area contributed by atoms with Gasteiger partial charge in [0.2, 0.25) is 11.8 Å². The van der Waals surface area contributed by atoms with Gasteiger partial charge in [0.1, 0.15) is 0 Å². The maximum atomic E-state index is 12.1. The molecule has 1 aromatic carbocycles. The van der Waals surface area contributed by atoms with E-state index in [2.05, 4.69) is 36.2 Å². The van der Waals surface area contributed by atoms with E-state index in [1.807, 2.05) is 17.0 Å². The van der Waals surface area contributed by atoms with Gasteiger partial charge in [-0.15, -0.1) is 0 Å². The summed E-state index contributed by atoms with van der Waals surface area (Å²) in [5, 5.41) is 2.98. The molecule has 2 rings (SSSR count). The summed E-state index contributed by atoms with van der Waals surface area (Å²) in [7, 11) is 0. The lowest BCUT2D eigenvalue weighted by Gasteiger charge is -2.20. The molecule has 1 aliphatic heterocycles. The highest BCUT2D eigenvalue weighted by Crippen LogP contribution is 2.17. The Kier molecular flexibility index (Phi) is 8.10. The minimum Gasteiger partial charge on any atom is -0.342 e. The van der Waals surface area contributed by atoms with Crippen LogP contribution in [-0.2, 0) is 9.59 Å². The van der Waals surface area contributed by atoms with E-state index in [4.69, 9.17) is 0 Å². The van der Waals surface area contributed by atoms with Crippen LogP contribution in [0.15, 0.2) is 24.3 Å². The van der Waals surface area contributed by atoms with E-state index in [0.717, 1.165) is 57.7 Å². The highest BCUT2D eigenvalue weighted by Gasteiger charge is 2.16. The molecule has 144 valence electrons. The Bertz CT molecular complexity index is 583. The number of anilines is 1. The van der Waals surface area contributed by atoms with Gasteiger partial charge >= 0.3 is 0 Å². The van der Waals surface area contributed by atoms with Gasteiger partial charge in [-0.05, 0) is 56.0 Å². The molecule has 1 fully saturated rings. The first-order valence-corrected chi connectivity index (χ1v) is 9.83. The number of amides is 2. The lowest BCUT2D eigenvalue weighted by Crippen LogP contribution is -2.34. The van der Waals surface area contributed by atoms with Crippen molar-refractivity contribution in [1.82, 2.24) is 9.80 Å². The molecule has 5 nitrogen and oxygen atoms in total. The second kappa shape index (κ2) is 10.3. The Morgan fingerprint density at radius 2 is 1.77 bits per heavy atom. The van der Waals surface area contributed by atoms with E-state index in [1.165, 1.54) is 5.56 Å². The van der Waals surface area contributed by atoms with Gasteiger partial charge in [0, 0.05) is 38.7 Å². The van der Waals surface area contributed by atoms with Crippen LogP contribution in [0.25, 0.3) is 0 Å². The number of rotatable bonds is 7. The van der Waals surface area contributed by atoms with Gasteiger partial charge in [-0.3, -0.25) is 9.59 Å². The van der Waals surface area contributed by atoms with Gasteiger partial charge in [-0.25, -0.2) is 0 Å². The summed E-state index contributed by atoms with van der Waals surface area (Å²) in [6.45, 7) is 10.6. The largest absolute Gasteiger partial charge is 0.342 e. The van der Waals surface area contributed by atoms with Crippen molar-refractivity contribution < 1.29 is 9.59 Å². The van der Waals surface area contributed by atoms with Gasteiger partial charge in [-0.2, -0.15) is 0 Å². The second-order valence-corrected chi connectivity index (χ2v) is 7.48. The molecule has 1 aromatic rings. The van der Waals surface area contributed by atoms with Crippen LogP contribution in [0.1, 0.15) is 57.9 Å². The molecule has 2 amide bonds. The standard InChI is InChI=1S/C21H33N3O2/c1-17(2)19-8-10-20(11-9-19)22-21(26)7-4-5-12-23-13-6-14-24(16-15-23)18(3)25/h8-11,17H,4-7,12-16H2,1-3H3,(H,22,26). The number of nitrogens with one attached hydrogen (secondary N) is 1. The molecule has 1 heterocycles. The van der Waals surface area contributed by atoms with Crippen molar-refractivity contribution in [2.45, 2.75) is 52.4 Å². The third-order valence-electron chi connectivity index (χ3n) is 5.02. The third kappa shape index (κ3) is 6.79. The van der Waals surface area contributed by atoms with Crippen molar-refractivity contribution in [2.75, 3.05) is 38.0 Å². The Hall–Kier alpha value is -1.88. The van der Waals surface area contributed by atoms with Gasteiger partial charge in [0.25, 0.3) is 0 Å². The third-order valence-corrected chi connectivity index (χ3v) is 5.02. The predicted octanol–water partition coefficient (Wildman–Crippen LogP) is 3.47. The summed E-state index contributed by atoms with van der Waals surface area (Å²) in [6.07, 6.45) is 3.49. The zero-order valence-electron chi connectivity index (χ0n) is 16.5. The molecule has 0 spiro atoms. The lowest BCUT2D eigenvalue weighted by molar-refractivity contribution is -0.128. The Morgan fingerprint density at radius 1 is 1.04 bits per heavy atom. The molecular formula is C21H33N3O2. The van der Waals surface area contributed by atoms with Gasteiger partial charge in [0.15, 0.2) is 0 Å². The van der Waals surface area contributed by atoms with E-state index in [1.54, 1.807) is 6.92 Å². The Morgan fingerprint density at radius 3 is 2.42 bits per heavy atom. The number of nitrogens with zero attached hydrogens (tertiary/aromatic N) is 2. The molecule has 1 saturated heterocycles. The number of benzene rings is 1. The molecule has 26 heavy (non-hydrogen) atoms. The van der Waals surface area contributed by atoms with E-state index in [0.29, 0.717) is 12.3 Å². The molecule has 1 N–H and O–H groups in total. The summed E-state index contributed by atoms with van der Waals surface area (Å²) in [5.41, 5.74) is 2.15. The van der Waals surface area contributed by atoms with E-state index < -0.39 is 0 Å². The van der Waals surface area contributed by atoms with Crippen LogP contribution in [0.3, 0.4) is 0 Å². The van der Waals surface area contributed by atoms with Crippen molar-refractivity contribution in [3.63, 3.8) is 0 Å². The molecule has 1 aliphatic rings. The first-order valence-electron chi connectivity index (χ1n) is 9.83. The fourth-order valence-electron chi connectivity index (χ4n) is 3.31. The first kappa shape index (κ1) is 20.4. The van der Waals surface area contributed by atoms with Crippen LogP contribution in [0.2, 0.25) is 0 Å². The van der Waals surface area contributed by atoms with Gasteiger partial charge in [0.05, 0.1) is 0 Å². The Labute approximate surface area is 157 Å². The monoisotopic (exact) mass is 359 g/mol. The van der Waals surface area contributed by atoms with Crippen LogP contribution in [-0.4, -0.2) is 54.3 Å². The molecule has 5 heteroatoms. The molecule has 0 radical (unpaired) electrons. The average molecular weight is 360 g/mol. The number of hydrogen-bond donors (Lipinski definition) is 1. The summed E-state index contributed by atoms with van der Waals surface area (Å²) in [6, 6.07) is 8.10. The fraction of sp³-hybridized carbons (Fsp3) is 0.619.